The van der Waals surface area contributed by atoms with Crippen molar-refractivity contribution in [3.8, 4) is 0 Å². The summed E-state index contributed by atoms with van der Waals surface area (Å²) >= 11 is 5.76. The van der Waals surface area contributed by atoms with Crippen LogP contribution in [0.5, 0.6) is 0 Å². The molecule has 36 heavy (non-hydrogen) atoms. The number of carbonyl (C=O) groups excluding carboxylic acids is 3. The second kappa shape index (κ2) is 12.4. The number of halogens is 2. The van der Waals surface area contributed by atoms with Gasteiger partial charge in [-0.3, -0.25) is 4.90 Å². The first-order valence-corrected chi connectivity index (χ1v) is 11.7. The van der Waals surface area contributed by atoms with Crippen LogP contribution in [-0.2, 0) is 14.3 Å². The van der Waals surface area contributed by atoms with Gasteiger partial charge < -0.3 is 25.4 Å². The lowest BCUT2D eigenvalue weighted by molar-refractivity contribution is -0.140. The predicted molar refractivity (Wildman–Crippen MR) is 134 cm³/mol. The molecule has 0 spiro atoms. The normalized spacial score (nSPS) is 15.4. The number of benzene rings is 2. The first-order chi connectivity index (χ1) is 17.2. The highest BCUT2D eigenvalue weighted by Gasteiger charge is 2.36. The van der Waals surface area contributed by atoms with Crippen molar-refractivity contribution in [2.75, 3.05) is 37.5 Å². The lowest BCUT2D eigenvalue weighted by Gasteiger charge is -2.35. The minimum atomic E-state index is -0.790. The maximum absolute atomic E-state index is 13.4. The molecule has 0 aromatic heterocycles. The van der Waals surface area contributed by atoms with Crippen LogP contribution in [0.1, 0.15) is 31.9 Å². The molecular formula is C25H28ClFN4O5. The monoisotopic (exact) mass is 518 g/mol. The van der Waals surface area contributed by atoms with Gasteiger partial charge in [0.2, 0.25) is 0 Å². The molecule has 0 aliphatic carbocycles. The first kappa shape index (κ1) is 27.0. The third-order valence-electron chi connectivity index (χ3n) is 5.44. The van der Waals surface area contributed by atoms with Crippen LogP contribution in [0.15, 0.2) is 53.7 Å². The third kappa shape index (κ3) is 6.52. The Balaban J connectivity index is 1.85. The molecule has 0 fully saturated rings. The van der Waals surface area contributed by atoms with Gasteiger partial charge in [0, 0.05) is 30.7 Å². The number of ether oxygens (including phenoxy) is 2. The highest BCUT2D eigenvalue weighted by atomic mass is 35.5. The molecule has 11 heteroatoms. The van der Waals surface area contributed by atoms with Crippen molar-refractivity contribution in [1.82, 2.24) is 10.2 Å². The Hall–Kier alpha value is -3.63. The van der Waals surface area contributed by atoms with Gasteiger partial charge in [-0.05, 0) is 49.2 Å². The van der Waals surface area contributed by atoms with Crippen LogP contribution in [0.2, 0.25) is 5.02 Å². The zero-order valence-corrected chi connectivity index (χ0v) is 20.9. The number of esters is 1. The van der Waals surface area contributed by atoms with Crippen LogP contribution in [0, 0.1) is 5.82 Å². The minimum absolute atomic E-state index is 0.0652. The van der Waals surface area contributed by atoms with Crippen molar-refractivity contribution >= 4 is 41.0 Å². The van der Waals surface area contributed by atoms with Crippen molar-refractivity contribution < 1.29 is 28.2 Å². The van der Waals surface area contributed by atoms with Gasteiger partial charge in [-0.15, -0.1) is 0 Å². The second-order valence-corrected chi connectivity index (χ2v) is 8.40. The number of hydrogen-bond acceptors (Lipinski definition) is 5. The Morgan fingerprint density at radius 2 is 1.86 bits per heavy atom. The summed E-state index contributed by atoms with van der Waals surface area (Å²) in [5, 5.41) is 8.01. The molecule has 1 aliphatic rings. The number of amides is 4. The number of carbonyl (C=O) groups is 3. The topological polar surface area (TPSA) is 109 Å². The zero-order valence-electron chi connectivity index (χ0n) is 20.2. The van der Waals surface area contributed by atoms with Crippen molar-refractivity contribution in [2.45, 2.75) is 26.3 Å². The summed E-state index contributed by atoms with van der Waals surface area (Å²) in [4.78, 5) is 39.8. The van der Waals surface area contributed by atoms with E-state index in [-0.39, 0.29) is 24.3 Å². The van der Waals surface area contributed by atoms with Crippen molar-refractivity contribution in [3.63, 3.8) is 0 Å². The summed E-state index contributed by atoms with van der Waals surface area (Å²) in [5.74, 6) is -1.16. The molecule has 3 rings (SSSR count). The van der Waals surface area contributed by atoms with E-state index in [4.69, 9.17) is 21.1 Å². The molecular weight excluding hydrogens is 491 g/mol. The molecule has 2 aromatic carbocycles. The molecule has 1 atom stereocenters. The Labute approximate surface area is 213 Å². The molecule has 4 amide bonds. The number of rotatable bonds is 9. The van der Waals surface area contributed by atoms with E-state index in [0.29, 0.717) is 41.2 Å². The van der Waals surface area contributed by atoms with Crippen LogP contribution < -0.4 is 16.0 Å². The van der Waals surface area contributed by atoms with Crippen molar-refractivity contribution in [1.29, 1.82) is 0 Å². The van der Waals surface area contributed by atoms with Gasteiger partial charge in [0.1, 0.15) is 12.4 Å². The number of hydrogen-bond donors (Lipinski definition) is 3. The smallest absolute Gasteiger partial charge is 0.338 e. The standard InChI is InChI=1S/C25H28ClFN4O5/c1-4-10-31-15(2)21(23(32)36-12-11-35-3)22(30-25(31)34)16-6-5-7-17(13-16)28-24(33)29-18-8-9-20(27)19(26)14-18/h5-9,13-14,22H,4,10-12H2,1-3H3,(H,30,34)(H2,28,29,33)/t22-/m0/s1. The van der Waals surface area contributed by atoms with Gasteiger partial charge in [-0.1, -0.05) is 30.7 Å². The Bertz CT molecular complexity index is 1170. The number of nitrogens with zero attached hydrogens (tertiary/aromatic N) is 1. The van der Waals surface area contributed by atoms with Crippen LogP contribution in [-0.4, -0.2) is 49.8 Å². The lowest BCUT2D eigenvalue weighted by Crippen LogP contribution is -2.48. The van der Waals surface area contributed by atoms with Crippen LogP contribution >= 0.6 is 11.6 Å². The predicted octanol–water partition coefficient (Wildman–Crippen LogP) is 5.06. The van der Waals surface area contributed by atoms with E-state index in [1.807, 2.05) is 6.92 Å². The van der Waals surface area contributed by atoms with E-state index >= 15 is 0 Å². The summed E-state index contributed by atoms with van der Waals surface area (Å²) in [5.41, 5.74) is 2.08. The van der Waals surface area contributed by atoms with Gasteiger partial charge in [0.05, 0.1) is 23.2 Å². The lowest BCUT2D eigenvalue weighted by atomic mass is 9.94. The van der Waals surface area contributed by atoms with Gasteiger partial charge >= 0.3 is 18.0 Å². The fraction of sp³-hybridized carbons (Fsp3) is 0.320. The number of methoxy groups -OCH3 is 1. The van der Waals surface area contributed by atoms with E-state index in [2.05, 4.69) is 16.0 Å². The Kier molecular flexibility index (Phi) is 9.26. The van der Waals surface area contributed by atoms with E-state index in [1.54, 1.807) is 31.2 Å². The van der Waals surface area contributed by atoms with Gasteiger partial charge in [0.15, 0.2) is 0 Å². The summed E-state index contributed by atoms with van der Waals surface area (Å²) in [7, 11) is 1.50. The summed E-state index contributed by atoms with van der Waals surface area (Å²) in [6, 6.07) is 8.84. The second-order valence-electron chi connectivity index (χ2n) is 8.00. The van der Waals surface area contributed by atoms with E-state index in [1.165, 1.54) is 24.1 Å². The van der Waals surface area contributed by atoms with E-state index in [9.17, 15) is 18.8 Å². The van der Waals surface area contributed by atoms with Crippen molar-refractivity contribution in [3.05, 3.63) is 70.1 Å². The van der Waals surface area contributed by atoms with Crippen molar-refractivity contribution in [2.24, 2.45) is 0 Å². The summed E-state index contributed by atoms with van der Waals surface area (Å²) in [6.07, 6.45) is 0.704. The minimum Gasteiger partial charge on any atom is -0.460 e. The maximum atomic E-state index is 13.4. The van der Waals surface area contributed by atoms with Gasteiger partial charge in [-0.2, -0.15) is 0 Å². The first-order valence-electron chi connectivity index (χ1n) is 11.3. The largest absolute Gasteiger partial charge is 0.460 e. The number of urea groups is 2. The molecule has 9 nitrogen and oxygen atoms in total. The molecule has 3 N–H and O–H groups in total. The molecule has 1 aliphatic heterocycles. The molecule has 0 saturated carbocycles. The van der Waals surface area contributed by atoms with Crippen LogP contribution in [0.4, 0.5) is 25.4 Å². The molecule has 0 saturated heterocycles. The Morgan fingerprint density at radius 3 is 2.53 bits per heavy atom. The van der Waals surface area contributed by atoms with E-state index in [0.717, 1.165) is 6.07 Å². The fourth-order valence-electron chi connectivity index (χ4n) is 3.75. The molecule has 2 aromatic rings. The van der Waals surface area contributed by atoms with E-state index < -0.39 is 23.9 Å². The number of allylic oxidation sites excluding steroid dienone is 1. The molecule has 1 heterocycles. The average Bonchev–Trinajstić information content (AvgIpc) is 2.84. The quantitative estimate of drug-likeness (QED) is 0.317. The highest BCUT2D eigenvalue weighted by Crippen LogP contribution is 2.32. The number of nitrogens with one attached hydrogen (secondary N) is 3. The number of anilines is 2. The van der Waals surface area contributed by atoms with Gasteiger partial charge in [-0.25, -0.2) is 18.8 Å². The molecule has 0 bridgehead atoms. The summed E-state index contributed by atoms with van der Waals surface area (Å²) < 4.78 is 23.7. The molecule has 0 radical (unpaired) electrons. The third-order valence-corrected chi connectivity index (χ3v) is 5.73. The van der Waals surface area contributed by atoms with Gasteiger partial charge in [0.25, 0.3) is 0 Å². The van der Waals surface area contributed by atoms with Crippen LogP contribution in [0.25, 0.3) is 0 Å². The Morgan fingerprint density at radius 1 is 1.14 bits per heavy atom. The SMILES string of the molecule is CCCN1C(=O)N[C@@H](c2cccc(NC(=O)Nc3ccc(F)c(Cl)c3)c2)C(C(=O)OCCOC)=C1C. The highest BCUT2D eigenvalue weighted by molar-refractivity contribution is 6.31. The average molecular weight is 519 g/mol. The summed E-state index contributed by atoms with van der Waals surface area (Å²) in [6.45, 7) is 4.38. The molecule has 0 unspecified atom stereocenters. The van der Waals surface area contributed by atoms with Crippen LogP contribution in [0.3, 0.4) is 0 Å². The molecule has 192 valence electrons. The fourth-order valence-corrected chi connectivity index (χ4v) is 3.93. The maximum Gasteiger partial charge on any atom is 0.338 e. The zero-order chi connectivity index (χ0) is 26.2.